The molecule has 0 fully saturated rings. The van der Waals surface area contributed by atoms with Gasteiger partial charge in [-0.05, 0) is 12.5 Å². The van der Waals surface area contributed by atoms with Gasteiger partial charge in [-0.3, -0.25) is 9.78 Å². The third-order valence-electron chi connectivity index (χ3n) is 2.03. The van der Waals surface area contributed by atoms with Gasteiger partial charge in [-0.1, -0.05) is 6.92 Å². The van der Waals surface area contributed by atoms with E-state index in [4.69, 9.17) is 10.8 Å². The first-order valence-electron chi connectivity index (χ1n) is 4.79. The summed E-state index contributed by atoms with van der Waals surface area (Å²) in [6, 6.07) is 0.726. The molecule has 4 N–H and O–H groups in total. The third-order valence-corrected chi connectivity index (χ3v) is 2.03. The van der Waals surface area contributed by atoms with E-state index in [1.165, 1.54) is 18.5 Å². The van der Waals surface area contributed by atoms with Crippen LogP contribution in [0.4, 0.5) is 5.69 Å². The van der Waals surface area contributed by atoms with Crippen molar-refractivity contribution in [2.24, 2.45) is 5.73 Å². The molecule has 0 aliphatic rings. The number of hydrogen-bond donors (Lipinski definition) is 3. The van der Waals surface area contributed by atoms with Crippen molar-refractivity contribution >= 4 is 17.6 Å². The van der Waals surface area contributed by atoms with Gasteiger partial charge in [0.15, 0.2) is 0 Å². The number of aromatic carboxylic acids is 1. The standard InChI is InChI=1S/C10H13N3O3/c1-2-8(11)9(14)13-7-3-6(10(15)16)4-12-5-7/h3-5,8H,2,11H2,1H3,(H,13,14)(H,15,16)/t8-/m0/s1. The van der Waals surface area contributed by atoms with Crippen LogP contribution in [-0.4, -0.2) is 28.0 Å². The zero-order chi connectivity index (χ0) is 12.1. The quantitative estimate of drug-likeness (QED) is 0.687. The van der Waals surface area contributed by atoms with E-state index in [0.717, 1.165) is 0 Å². The van der Waals surface area contributed by atoms with Crippen LogP contribution in [0, 0.1) is 0 Å². The molecule has 0 radical (unpaired) electrons. The number of hydrogen-bond acceptors (Lipinski definition) is 4. The molecule has 0 unspecified atom stereocenters. The number of pyridine rings is 1. The average molecular weight is 223 g/mol. The SMILES string of the molecule is CC[C@H](N)C(=O)Nc1cncc(C(=O)O)c1. The highest BCUT2D eigenvalue weighted by atomic mass is 16.4. The fourth-order valence-corrected chi connectivity index (χ4v) is 1.05. The smallest absolute Gasteiger partial charge is 0.337 e. The number of rotatable bonds is 4. The molecule has 0 saturated carbocycles. The summed E-state index contributed by atoms with van der Waals surface area (Å²) in [4.78, 5) is 25.8. The lowest BCUT2D eigenvalue weighted by atomic mass is 10.2. The Morgan fingerprint density at radius 3 is 2.81 bits per heavy atom. The minimum atomic E-state index is -1.09. The second-order valence-corrected chi connectivity index (χ2v) is 3.27. The maximum absolute atomic E-state index is 11.4. The summed E-state index contributed by atoms with van der Waals surface area (Å²) in [7, 11) is 0. The van der Waals surface area contributed by atoms with Crippen LogP contribution < -0.4 is 11.1 Å². The number of carbonyl (C=O) groups is 2. The molecule has 1 aromatic heterocycles. The minimum absolute atomic E-state index is 0.0165. The maximum Gasteiger partial charge on any atom is 0.337 e. The average Bonchev–Trinajstić information content (AvgIpc) is 2.28. The summed E-state index contributed by atoms with van der Waals surface area (Å²) in [6.45, 7) is 1.79. The van der Waals surface area contributed by atoms with Gasteiger partial charge in [0.2, 0.25) is 5.91 Å². The van der Waals surface area contributed by atoms with Crippen molar-refractivity contribution in [3.05, 3.63) is 24.0 Å². The van der Waals surface area contributed by atoms with Crippen LogP contribution in [0.2, 0.25) is 0 Å². The van der Waals surface area contributed by atoms with Crippen molar-refractivity contribution in [2.45, 2.75) is 19.4 Å². The van der Waals surface area contributed by atoms with Crippen LogP contribution in [0.1, 0.15) is 23.7 Å². The normalized spacial score (nSPS) is 11.9. The lowest BCUT2D eigenvalue weighted by molar-refractivity contribution is -0.117. The van der Waals surface area contributed by atoms with Crippen molar-refractivity contribution in [1.82, 2.24) is 4.98 Å². The van der Waals surface area contributed by atoms with Crippen molar-refractivity contribution in [2.75, 3.05) is 5.32 Å². The molecule has 0 aliphatic heterocycles. The Morgan fingerprint density at radius 2 is 2.25 bits per heavy atom. The molecule has 1 rings (SSSR count). The Labute approximate surface area is 92.5 Å². The summed E-state index contributed by atoms with van der Waals surface area (Å²) in [5.74, 6) is -1.45. The fourth-order valence-electron chi connectivity index (χ4n) is 1.05. The van der Waals surface area contributed by atoms with Gasteiger partial charge in [-0.25, -0.2) is 4.79 Å². The molecule has 0 aromatic carbocycles. The first-order valence-corrected chi connectivity index (χ1v) is 4.79. The van der Waals surface area contributed by atoms with Crippen LogP contribution in [0.15, 0.2) is 18.5 Å². The van der Waals surface area contributed by atoms with Gasteiger partial charge < -0.3 is 16.2 Å². The van der Waals surface area contributed by atoms with Crippen LogP contribution in [0.5, 0.6) is 0 Å². The largest absolute Gasteiger partial charge is 0.478 e. The fraction of sp³-hybridized carbons (Fsp3) is 0.300. The van der Waals surface area contributed by atoms with Gasteiger partial charge in [0, 0.05) is 6.20 Å². The predicted octanol–water partition coefficient (Wildman–Crippen LogP) is 0.456. The van der Waals surface area contributed by atoms with E-state index in [1.807, 2.05) is 0 Å². The molecule has 1 heterocycles. The van der Waals surface area contributed by atoms with Crippen molar-refractivity contribution in [3.8, 4) is 0 Å². The summed E-state index contributed by atoms with van der Waals surface area (Å²) < 4.78 is 0. The molecule has 0 spiro atoms. The lowest BCUT2D eigenvalue weighted by Crippen LogP contribution is -2.34. The number of anilines is 1. The molecule has 1 amide bonds. The van der Waals surface area contributed by atoms with E-state index in [1.54, 1.807) is 6.92 Å². The molecule has 86 valence electrons. The molecule has 1 atom stereocenters. The molecule has 6 heteroatoms. The molecule has 0 bridgehead atoms. The van der Waals surface area contributed by atoms with Gasteiger partial charge in [0.25, 0.3) is 0 Å². The lowest BCUT2D eigenvalue weighted by Gasteiger charge is -2.09. The minimum Gasteiger partial charge on any atom is -0.478 e. The Bertz CT molecular complexity index is 406. The van der Waals surface area contributed by atoms with Crippen molar-refractivity contribution in [1.29, 1.82) is 0 Å². The van der Waals surface area contributed by atoms with Crippen LogP contribution in [0.25, 0.3) is 0 Å². The second kappa shape index (κ2) is 5.22. The van der Waals surface area contributed by atoms with E-state index >= 15 is 0 Å². The number of amides is 1. The van der Waals surface area contributed by atoms with Gasteiger partial charge in [-0.2, -0.15) is 0 Å². The molecule has 1 aromatic rings. The Morgan fingerprint density at radius 1 is 1.56 bits per heavy atom. The van der Waals surface area contributed by atoms with Gasteiger partial charge in [0.1, 0.15) is 0 Å². The number of carboxylic acids is 1. The van der Waals surface area contributed by atoms with Crippen LogP contribution >= 0.6 is 0 Å². The first kappa shape index (κ1) is 12.1. The van der Waals surface area contributed by atoms with E-state index in [2.05, 4.69) is 10.3 Å². The van der Waals surface area contributed by atoms with Crippen molar-refractivity contribution in [3.63, 3.8) is 0 Å². The van der Waals surface area contributed by atoms with Crippen LogP contribution in [0.3, 0.4) is 0 Å². The molecule has 0 aliphatic carbocycles. The van der Waals surface area contributed by atoms with Crippen molar-refractivity contribution < 1.29 is 14.7 Å². The number of nitrogens with one attached hydrogen (secondary N) is 1. The second-order valence-electron chi connectivity index (χ2n) is 3.27. The highest BCUT2D eigenvalue weighted by Gasteiger charge is 2.12. The number of nitrogens with two attached hydrogens (primary N) is 1. The van der Waals surface area contributed by atoms with Gasteiger partial charge >= 0.3 is 5.97 Å². The number of carbonyl (C=O) groups excluding carboxylic acids is 1. The van der Waals surface area contributed by atoms with E-state index in [-0.39, 0.29) is 11.5 Å². The number of carboxylic acid groups (broad SMARTS) is 1. The Kier molecular flexibility index (Phi) is 3.96. The Hall–Kier alpha value is -1.95. The van der Waals surface area contributed by atoms with E-state index < -0.39 is 12.0 Å². The highest BCUT2D eigenvalue weighted by molar-refractivity contribution is 5.96. The maximum atomic E-state index is 11.4. The van der Waals surface area contributed by atoms with E-state index in [9.17, 15) is 9.59 Å². The summed E-state index contributed by atoms with van der Waals surface area (Å²) in [6.07, 6.45) is 3.09. The third kappa shape index (κ3) is 3.03. The zero-order valence-electron chi connectivity index (χ0n) is 8.80. The molecule has 6 nitrogen and oxygen atoms in total. The van der Waals surface area contributed by atoms with E-state index in [0.29, 0.717) is 12.1 Å². The summed E-state index contributed by atoms with van der Waals surface area (Å²) in [5.41, 5.74) is 5.86. The summed E-state index contributed by atoms with van der Waals surface area (Å²) in [5, 5.41) is 11.2. The highest BCUT2D eigenvalue weighted by Crippen LogP contribution is 2.08. The molecule has 16 heavy (non-hydrogen) atoms. The summed E-state index contributed by atoms with van der Waals surface area (Å²) >= 11 is 0. The monoisotopic (exact) mass is 223 g/mol. The van der Waals surface area contributed by atoms with Gasteiger partial charge in [0.05, 0.1) is 23.5 Å². The molecule has 0 saturated heterocycles. The predicted molar refractivity (Wildman–Crippen MR) is 58.1 cm³/mol. The molecular formula is C10H13N3O3. The number of nitrogens with zero attached hydrogens (tertiary/aromatic N) is 1. The topological polar surface area (TPSA) is 105 Å². The number of aromatic nitrogens is 1. The first-order chi connectivity index (χ1) is 7.54. The molecular weight excluding hydrogens is 210 g/mol. The van der Waals surface area contributed by atoms with Gasteiger partial charge in [-0.15, -0.1) is 0 Å². The van der Waals surface area contributed by atoms with Crippen LogP contribution in [-0.2, 0) is 4.79 Å². The zero-order valence-corrected chi connectivity index (χ0v) is 8.80. The Balaban J connectivity index is 2.78.